The number of ether oxygens (including phenoxy) is 2. The smallest absolute Gasteiger partial charge is 0.119 e. The summed E-state index contributed by atoms with van der Waals surface area (Å²) < 4.78 is 10.9. The van der Waals surface area contributed by atoms with Crippen LogP contribution in [0.4, 0.5) is 5.69 Å². The van der Waals surface area contributed by atoms with Crippen LogP contribution < -0.4 is 9.64 Å². The van der Waals surface area contributed by atoms with Crippen LogP contribution >= 0.6 is 12.4 Å². The molecule has 0 saturated carbocycles. The van der Waals surface area contributed by atoms with Crippen LogP contribution in [0.25, 0.3) is 10.9 Å². The van der Waals surface area contributed by atoms with Crippen LogP contribution in [0.15, 0.2) is 18.2 Å². The molecule has 1 aromatic heterocycles. The van der Waals surface area contributed by atoms with Gasteiger partial charge in [-0.15, -0.1) is 12.4 Å². The van der Waals surface area contributed by atoms with E-state index in [1.807, 2.05) is 6.07 Å². The molecule has 0 unspecified atom stereocenters. The molecule has 2 aliphatic rings. The molecule has 1 fully saturated rings. The van der Waals surface area contributed by atoms with Crippen LogP contribution in [0.2, 0.25) is 0 Å². The normalized spacial score (nSPS) is 17.2. The maximum absolute atomic E-state index is 5.52. The Balaban J connectivity index is 0.00000144. The fourth-order valence-electron chi connectivity index (χ4n) is 3.49. The number of pyridine rings is 1. The lowest BCUT2D eigenvalue weighted by Gasteiger charge is -2.31. The monoisotopic (exact) mass is 320 g/mol. The van der Waals surface area contributed by atoms with Crippen LogP contribution in [-0.2, 0) is 17.6 Å². The zero-order chi connectivity index (χ0) is 14.2. The van der Waals surface area contributed by atoms with Gasteiger partial charge in [0.05, 0.1) is 31.5 Å². The van der Waals surface area contributed by atoms with E-state index in [0.29, 0.717) is 0 Å². The fourth-order valence-corrected chi connectivity index (χ4v) is 3.49. The third kappa shape index (κ3) is 2.50. The van der Waals surface area contributed by atoms with E-state index in [-0.39, 0.29) is 12.4 Å². The average molecular weight is 321 g/mol. The molecule has 0 amide bonds. The van der Waals surface area contributed by atoms with Gasteiger partial charge in [0.25, 0.3) is 0 Å². The summed E-state index contributed by atoms with van der Waals surface area (Å²) in [6, 6.07) is 6.21. The summed E-state index contributed by atoms with van der Waals surface area (Å²) in [6.45, 7) is 3.54. The Morgan fingerprint density at radius 2 is 2.00 bits per heavy atom. The summed E-state index contributed by atoms with van der Waals surface area (Å²) in [5, 5.41) is 1.22. The third-order valence-corrected chi connectivity index (χ3v) is 4.52. The van der Waals surface area contributed by atoms with Gasteiger partial charge in [0.2, 0.25) is 0 Å². The van der Waals surface area contributed by atoms with Gasteiger partial charge in [0.1, 0.15) is 5.75 Å². The number of rotatable bonds is 2. The van der Waals surface area contributed by atoms with E-state index in [0.717, 1.165) is 50.4 Å². The molecule has 118 valence electrons. The molecule has 1 aromatic carbocycles. The van der Waals surface area contributed by atoms with Crippen molar-refractivity contribution in [2.24, 2.45) is 0 Å². The number of benzene rings is 1. The van der Waals surface area contributed by atoms with Gasteiger partial charge < -0.3 is 14.4 Å². The molecule has 1 saturated heterocycles. The van der Waals surface area contributed by atoms with Gasteiger partial charge in [-0.2, -0.15) is 0 Å². The minimum absolute atomic E-state index is 0. The van der Waals surface area contributed by atoms with Gasteiger partial charge >= 0.3 is 0 Å². The summed E-state index contributed by atoms with van der Waals surface area (Å²) >= 11 is 0. The van der Waals surface area contributed by atoms with Gasteiger partial charge in [-0.25, -0.2) is 0 Å². The van der Waals surface area contributed by atoms with Gasteiger partial charge in [0.15, 0.2) is 0 Å². The quantitative estimate of drug-likeness (QED) is 0.852. The second-order valence-corrected chi connectivity index (χ2v) is 5.72. The van der Waals surface area contributed by atoms with E-state index < -0.39 is 0 Å². The second-order valence-electron chi connectivity index (χ2n) is 5.72. The highest BCUT2D eigenvalue weighted by molar-refractivity contribution is 5.95. The molecule has 1 aliphatic heterocycles. The molecule has 0 N–H and O–H groups in total. The predicted molar refractivity (Wildman–Crippen MR) is 90.6 cm³/mol. The minimum atomic E-state index is 0. The van der Waals surface area contributed by atoms with Crippen LogP contribution in [-0.4, -0.2) is 38.4 Å². The van der Waals surface area contributed by atoms with Gasteiger partial charge in [-0.1, -0.05) is 0 Å². The largest absolute Gasteiger partial charge is 0.497 e. The Morgan fingerprint density at radius 1 is 1.18 bits per heavy atom. The molecule has 2 heterocycles. The molecular weight excluding hydrogens is 300 g/mol. The number of aryl methyl sites for hydroxylation is 1. The predicted octanol–water partition coefficient (Wildman–Crippen LogP) is 2.99. The van der Waals surface area contributed by atoms with E-state index in [1.165, 1.54) is 28.8 Å². The van der Waals surface area contributed by atoms with Gasteiger partial charge in [-0.3, -0.25) is 4.98 Å². The Bertz CT molecular complexity index is 684. The van der Waals surface area contributed by atoms with E-state index in [4.69, 9.17) is 14.5 Å². The zero-order valence-electron chi connectivity index (χ0n) is 12.8. The summed E-state index contributed by atoms with van der Waals surface area (Å²) in [6.07, 6.45) is 3.46. The fraction of sp³-hybridized carbons (Fsp3) is 0.471. The maximum atomic E-state index is 5.52. The van der Waals surface area contributed by atoms with Crippen LogP contribution in [0.1, 0.15) is 17.7 Å². The molecule has 0 radical (unpaired) electrons. The van der Waals surface area contributed by atoms with Crippen LogP contribution in [0, 0.1) is 0 Å². The van der Waals surface area contributed by atoms with Crippen molar-refractivity contribution < 1.29 is 9.47 Å². The average Bonchev–Trinajstić information content (AvgIpc) is 3.00. The Kier molecular flexibility index (Phi) is 4.41. The molecular formula is C17H21ClN2O2. The van der Waals surface area contributed by atoms with Crippen molar-refractivity contribution in [3.8, 4) is 5.75 Å². The summed E-state index contributed by atoms with van der Waals surface area (Å²) in [7, 11) is 1.72. The molecule has 4 rings (SSSR count). The van der Waals surface area contributed by atoms with Crippen molar-refractivity contribution in [3.05, 3.63) is 29.5 Å². The van der Waals surface area contributed by atoms with E-state index >= 15 is 0 Å². The first-order valence-corrected chi connectivity index (χ1v) is 7.69. The standard InChI is InChI=1S/C17H20N2O2.ClH/c1-20-12-5-6-16-14(11-12)17(19-7-9-21-10-8-19)13-3-2-4-15(13)18-16;/h5-6,11H,2-4,7-10H2,1H3;1H. The van der Waals surface area contributed by atoms with E-state index in [9.17, 15) is 0 Å². The highest BCUT2D eigenvalue weighted by atomic mass is 35.5. The lowest BCUT2D eigenvalue weighted by molar-refractivity contribution is 0.123. The number of nitrogens with zero attached hydrogens (tertiary/aromatic N) is 2. The number of methoxy groups -OCH3 is 1. The van der Waals surface area contributed by atoms with Crippen molar-refractivity contribution in [2.75, 3.05) is 38.3 Å². The first-order chi connectivity index (χ1) is 10.4. The lowest BCUT2D eigenvalue weighted by atomic mass is 10.0. The molecule has 22 heavy (non-hydrogen) atoms. The number of halogens is 1. The van der Waals surface area contributed by atoms with Crippen molar-refractivity contribution >= 4 is 29.0 Å². The number of aromatic nitrogens is 1. The zero-order valence-corrected chi connectivity index (χ0v) is 13.6. The molecule has 1 aliphatic carbocycles. The molecule has 5 heteroatoms. The minimum Gasteiger partial charge on any atom is -0.497 e. The molecule has 2 aromatic rings. The lowest BCUT2D eigenvalue weighted by Crippen LogP contribution is -2.37. The Morgan fingerprint density at radius 3 is 2.77 bits per heavy atom. The summed E-state index contributed by atoms with van der Waals surface area (Å²) in [4.78, 5) is 7.34. The van der Waals surface area contributed by atoms with Crippen LogP contribution in [0.5, 0.6) is 5.75 Å². The number of hydrogen-bond acceptors (Lipinski definition) is 4. The summed E-state index contributed by atoms with van der Waals surface area (Å²) in [5.41, 5.74) is 5.18. The SMILES string of the molecule is COc1ccc2nc3c(c(N4CCOCC4)c2c1)CCC3.Cl. The molecule has 0 atom stereocenters. The molecule has 0 spiro atoms. The van der Waals surface area contributed by atoms with E-state index in [2.05, 4.69) is 17.0 Å². The number of anilines is 1. The maximum Gasteiger partial charge on any atom is 0.119 e. The van der Waals surface area contributed by atoms with E-state index in [1.54, 1.807) is 7.11 Å². The highest BCUT2D eigenvalue weighted by Crippen LogP contribution is 2.38. The third-order valence-electron chi connectivity index (χ3n) is 4.52. The van der Waals surface area contributed by atoms with Crippen LogP contribution in [0.3, 0.4) is 0 Å². The molecule has 4 nitrogen and oxygen atoms in total. The van der Waals surface area contributed by atoms with Crippen molar-refractivity contribution in [2.45, 2.75) is 19.3 Å². The molecule has 0 bridgehead atoms. The van der Waals surface area contributed by atoms with Crippen molar-refractivity contribution in [3.63, 3.8) is 0 Å². The number of morpholine rings is 1. The van der Waals surface area contributed by atoms with Crippen molar-refractivity contribution in [1.82, 2.24) is 4.98 Å². The van der Waals surface area contributed by atoms with Gasteiger partial charge in [0, 0.05) is 24.2 Å². The highest BCUT2D eigenvalue weighted by Gasteiger charge is 2.24. The first-order valence-electron chi connectivity index (χ1n) is 7.69. The number of hydrogen-bond donors (Lipinski definition) is 0. The van der Waals surface area contributed by atoms with Crippen molar-refractivity contribution in [1.29, 1.82) is 0 Å². The second kappa shape index (κ2) is 6.31. The number of fused-ring (bicyclic) bond motifs is 2. The first kappa shape index (κ1) is 15.4. The Labute approximate surface area is 136 Å². The summed E-state index contributed by atoms with van der Waals surface area (Å²) in [5.74, 6) is 0.900. The van der Waals surface area contributed by atoms with Gasteiger partial charge in [-0.05, 0) is 43.0 Å². The Hall–Kier alpha value is -1.52. The topological polar surface area (TPSA) is 34.6 Å².